The number of thiophene rings is 1. The van der Waals surface area contributed by atoms with E-state index in [9.17, 15) is 14.7 Å². The monoisotopic (exact) mass is 502 g/mol. The minimum atomic E-state index is -0.992. The summed E-state index contributed by atoms with van der Waals surface area (Å²) in [7, 11) is 0. The molecule has 0 saturated carbocycles. The van der Waals surface area contributed by atoms with Crippen LogP contribution in [0.3, 0.4) is 0 Å². The normalized spacial score (nSPS) is 11.7. The van der Waals surface area contributed by atoms with Crippen molar-refractivity contribution in [2.45, 2.75) is 32.4 Å². The third-order valence-electron chi connectivity index (χ3n) is 5.43. The number of carboxylic acids is 1. The summed E-state index contributed by atoms with van der Waals surface area (Å²) in [5.74, 6) is 4.99. The number of aromatic carboxylic acids is 1. The molecule has 184 valence electrons. The Kier molecular flexibility index (Phi) is 7.74. The number of aromatic nitrogens is 1. The summed E-state index contributed by atoms with van der Waals surface area (Å²) in [5, 5.41) is 23.1. The van der Waals surface area contributed by atoms with Gasteiger partial charge in [0.25, 0.3) is 5.91 Å². The van der Waals surface area contributed by atoms with Gasteiger partial charge < -0.3 is 25.3 Å². The van der Waals surface area contributed by atoms with E-state index >= 15 is 0 Å². The molecule has 4 N–H and O–H groups in total. The van der Waals surface area contributed by atoms with Crippen molar-refractivity contribution in [3.8, 4) is 17.6 Å². The lowest BCUT2D eigenvalue weighted by atomic mass is 10.0. The van der Waals surface area contributed by atoms with Crippen LogP contribution in [0.5, 0.6) is 5.75 Å². The average molecular weight is 503 g/mol. The molecule has 7 nitrogen and oxygen atoms in total. The Morgan fingerprint density at radius 2 is 1.92 bits per heavy atom. The van der Waals surface area contributed by atoms with Gasteiger partial charge in [-0.15, -0.1) is 11.3 Å². The van der Waals surface area contributed by atoms with Gasteiger partial charge in [-0.3, -0.25) is 4.79 Å². The van der Waals surface area contributed by atoms with E-state index in [2.05, 4.69) is 22.1 Å². The molecule has 2 aromatic carbocycles. The maximum atomic E-state index is 13.3. The van der Waals surface area contributed by atoms with Crippen LogP contribution in [0.2, 0.25) is 0 Å². The third kappa shape index (κ3) is 5.95. The van der Waals surface area contributed by atoms with Gasteiger partial charge in [-0.05, 0) is 62.2 Å². The highest BCUT2D eigenvalue weighted by atomic mass is 32.1. The first kappa shape index (κ1) is 25.0. The molecule has 0 fully saturated rings. The molecule has 2 aromatic heterocycles. The number of hydrogen-bond acceptors (Lipinski definition) is 5. The van der Waals surface area contributed by atoms with E-state index < -0.39 is 12.0 Å². The Balaban J connectivity index is 1.57. The summed E-state index contributed by atoms with van der Waals surface area (Å²) in [6.45, 7) is 3.52. The molecule has 0 aliphatic carbocycles. The van der Waals surface area contributed by atoms with Crippen molar-refractivity contribution < 1.29 is 24.5 Å². The molecule has 36 heavy (non-hydrogen) atoms. The molecule has 0 bridgehead atoms. The fourth-order valence-electron chi connectivity index (χ4n) is 3.79. The minimum absolute atomic E-state index is 0.145. The van der Waals surface area contributed by atoms with Gasteiger partial charge in [-0.2, -0.15) is 0 Å². The van der Waals surface area contributed by atoms with Crippen LogP contribution in [0.15, 0.2) is 60.8 Å². The zero-order valence-electron chi connectivity index (χ0n) is 19.9. The number of ether oxygens (including phenoxy) is 1. The van der Waals surface area contributed by atoms with Gasteiger partial charge in [0.1, 0.15) is 10.6 Å². The highest BCUT2D eigenvalue weighted by Gasteiger charge is 2.19. The van der Waals surface area contributed by atoms with Crippen LogP contribution in [0.4, 0.5) is 0 Å². The topological polar surface area (TPSA) is 112 Å². The molecule has 0 spiro atoms. The predicted molar refractivity (Wildman–Crippen MR) is 140 cm³/mol. The molecule has 1 amide bonds. The Morgan fingerprint density at radius 1 is 1.11 bits per heavy atom. The molecule has 0 aliphatic rings. The van der Waals surface area contributed by atoms with Crippen LogP contribution in [-0.4, -0.2) is 45.8 Å². The van der Waals surface area contributed by atoms with E-state index in [1.807, 2.05) is 44.3 Å². The quantitative estimate of drug-likeness (QED) is 0.266. The molecular formula is C28H26N2O5S. The highest BCUT2D eigenvalue weighted by Crippen LogP contribution is 2.23. The summed E-state index contributed by atoms with van der Waals surface area (Å²) in [6.07, 6.45) is 2.20. The molecule has 0 radical (unpaired) electrons. The number of fused-ring (bicyclic) bond motifs is 1. The maximum absolute atomic E-state index is 13.3. The van der Waals surface area contributed by atoms with Crippen LogP contribution in [0, 0.1) is 11.8 Å². The summed E-state index contributed by atoms with van der Waals surface area (Å²) in [6, 6.07) is 15.6. The molecule has 4 aromatic rings. The number of para-hydroxylation sites is 1. The highest BCUT2D eigenvalue weighted by molar-refractivity contribution is 7.14. The Bertz CT molecular complexity index is 1460. The first-order valence-electron chi connectivity index (χ1n) is 11.5. The second kappa shape index (κ2) is 11.1. The predicted octanol–water partition coefficient (Wildman–Crippen LogP) is 4.45. The van der Waals surface area contributed by atoms with Gasteiger partial charge in [0.15, 0.2) is 0 Å². The van der Waals surface area contributed by atoms with Gasteiger partial charge in [-0.25, -0.2) is 4.79 Å². The van der Waals surface area contributed by atoms with Crippen molar-refractivity contribution in [3.63, 3.8) is 0 Å². The number of amides is 1. The summed E-state index contributed by atoms with van der Waals surface area (Å²) in [5.41, 5.74) is 2.89. The van der Waals surface area contributed by atoms with Crippen LogP contribution in [0.1, 0.15) is 49.9 Å². The number of carbonyl (C=O) groups excluding carboxylic acids is 1. The van der Waals surface area contributed by atoms with Gasteiger partial charge in [0.2, 0.25) is 0 Å². The number of hydrogen-bond donors (Lipinski definition) is 4. The smallest absolute Gasteiger partial charge is 0.345 e. The molecule has 0 aliphatic heterocycles. The van der Waals surface area contributed by atoms with Crippen molar-refractivity contribution in [2.75, 3.05) is 6.61 Å². The van der Waals surface area contributed by atoms with Gasteiger partial charge in [-0.1, -0.05) is 30.0 Å². The number of nitrogens with one attached hydrogen (secondary N) is 2. The summed E-state index contributed by atoms with van der Waals surface area (Å²) < 4.78 is 5.85. The molecular weight excluding hydrogens is 476 g/mol. The lowest BCUT2D eigenvalue weighted by molar-refractivity contribution is 0.0701. The molecule has 0 saturated heterocycles. The number of benzene rings is 2. The van der Waals surface area contributed by atoms with Crippen molar-refractivity contribution >= 4 is 34.1 Å². The van der Waals surface area contributed by atoms with E-state index in [1.54, 1.807) is 24.3 Å². The zero-order valence-corrected chi connectivity index (χ0v) is 20.7. The number of H-pyrrole nitrogens is 1. The van der Waals surface area contributed by atoms with E-state index in [0.717, 1.165) is 27.8 Å². The number of carboxylic acid groups (broad SMARTS) is 1. The van der Waals surface area contributed by atoms with E-state index in [4.69, 9.17) is 9.84 Å². The van der Waals surface area contributed by atoms with Crippen LogP contribution < -0.4 is 10.1 Å². The Labute approximate surface area is 212 Å². The molecule has 8 heteroatoms. The number of aliphatic hydroxyl groups excluding tert-OH is 1. The van der Waals surface area contributed by atoms with E-state index in [0.29, 0.717) is 28.2 Å². The Hall–Kier alpha value is -4.06. The maximum Gasteiger partial charge on any atom is 0.345 e. The first-order valence-corrected chi connectivity index (χ1v) is 12.3. The number of carbonyl (C=O) groups is 2. The van der Waals surface area contributed by atoms with Crippen molar-refractivity contribution in [3.05, 3.63) is 87.2 Å². The van der Waals surface area contributed by atoms with Crippen molar-refractivity contribution in [1.82, 2.24) is 10.3 Å². The molecule has 2 heterocycles. The Morgan fingerprint density at radius 3 is 2.64 bits per heavy atom. The van der Waals surface area contributed by atoms with E-state index in [-0.39, 0.29) is 23.5 Å². The first-order chi connectivity index (χ1) is 17.3. The fraction of sp³-hybridized carbons (Fsp3) is 0.214. The molecule has 0 unspecified atom stereocenters. The standard InChI is InChI=1S/C28H26N2O5S/c1-17(2)35-25-11-8-18(7-9-21-10-12-26(36-21)28(33)34)13-23(25)27(32)30-20(16-31)14-19-15-29-24-6-4-3-5-22(19)24/h3-6,8,10-13,15,17,20,29,31H,14,16H2,1-2H3,(H,30,32)(H,33,34)/t20-/m1/s1. The van der Waals surface area contributed by atoms with E-state index in [1.165, 1.54) is 6.07 Å². The van der Waals surface area contributed by atoms with Gasteiger partial charge >= 0.3 is 5.97 Å². The fourth-order valence-corrected chi connectivity index (χ4v) is 4.48. The second-order valence-corrected chi connectivity index (χ2v) is 9.60. The SMILES string of the molecule is CC(C)Oc1ccc(C#Cc2ccc(C(=O)O)s2)cc1C(=O)N[C@@H](CO)Cc1c[nH]c2ccccc12. The number of aliphatic hydroxyl groups is 1. The summed E-state index contributed by atoms with van der Waals surface area (Å²) in [4.78, 5) is 28.4. The molecule has 4 rings (SSSR count). The third-order valence-corrected chi connectivity index (χ3v) is 6.42. The van der Waals surface area contributed by atoms with Crippen LogP contribution in [-0.2, 0) is 6.42 Å². The lowest BCUT2D eigenvalue weighted by Gasteiger charge is -2.19. The molecule has 1 atom stereocenters. The number of aromatic amines is 1. The van der Waals surface area contributed by atoms with Crippen molar-refractivity contribution in [2.24, 2.45) is 0 Å². The average Bonchev–Trinajstić information content (AvgIpc) is 3.50. The lowest BCUT2D eigenvalue weighted by Crippen LogP contribution is -2.39. The van der Waals surface area contributed by atoms with Crippen LogP contribution >= 0.6 is 11.3 Å². The zero-order chi connectivity index (χ0) is 25.7. The van der Waals surface area contributed by atoms with Crippen molar-refractivity contribution in [1.29, 1.82) is 0 Å². The largest absolute Gasteiger partial charge is 0.490 e. The van der Waals surface area contributed by atoms with Crippen LogP contribution in [0.25, 0.3) is 10.9 Å². The summed E-state index contributed by atoms with van der Waals surface area (Å²) >= 11 is 1.09. The number of rotatable bonds is 8. The minimum Gasteiger partial charge on any atom is -0.490 e. The van der Waals surface area contributed by atoms with Gasteiger partial charge in [0, 0.05) is 22.7 Å². The van der Waals surface area contributed by atoms with Gasteiger partial charge in [0.05, 0.1) is 29.2 Å². The second-order valence-electron chi connectivity index (χ2n) is 8.51.